The fourth-order valence-corrected chi connectivity index (χ4v) is 2.47. The standard InChI is InChI=1S/C14H29N5S/c1-12(11-20-6)18(5)7-8-19-10-13(16-17-19)9-15-14(2,3)4/h10,12,15H,7-9,11H2,1-6H3. The van der Waals surface area contributed by atoms with E-state index in [0.29, 0.717) is 6.04 Å². The molecular weight excluding hydrogens is 270 g/mol. The van der Waals surface area contributed by atoms with E-state index in [9.17, 15) is 0 Å². The number of likely N-dealkylation sites (N-methyl/N-ethyl adjacent to an activating group) is 1. The molecule has 116 valence electrons. The third-order valence-electron chi connectivity index (χ3n) is 3.23. The van der Waals surface area contributed by atoms with Crippen LogP contribution in [-0.4, -0.2) is 57.1 Å². The number of hydrogen-bond donors (Lipinski definition) is 1. The van der Waals surface area contributed by atoms with Gasteiger partial charge in [0.15, 0.2) is 0 Å². The van der Waals surface area contributed by atoms with Crippen LogP contribution in [-0.2, 0) is 13.1 Å². The normalized spacial score (nSPS) is 13.9. The summed E-state index contributed by atoms with van der Waals surface area (Å²) >= 11 is 1.89. The highest BCUT2D eigenvalue weighted by Crippen LogP contribution is 2.04. The largest absolute Gasteiger partial charge is 0.306 e. The second kappa shape index (κ2) is 8.00. The third kappa shape index (κ3) is 6.72. The monoisotopic (exact) mass is 299 g/mol. The fourth-order valence-electron chi connectivity index (χ4n) is 1.73. The maximum absolute atomic E-state index is 4.21. The molecule has 0 aliphatic heterocycles. The predicted molar refractivity (Wildman–Crippen MR) is 87.1 cm³/mol. The first-order valence-corrected chi connectivity index (χ1v) is 8.54. The number of rotatable bonds is 8. The van der Waals surface area contributed by atoms with E-state index < -0.39 is 0 Å². The Labute approximate surface area is 127 Å². The van der Waals surface area contributed by atoms with E-state index in [0.717, 1.165) is 31.1 Å². The Balaban J connectivity index is 2.37. The summed E-state index contributed by atoms with van der Waals surface area (Å²) in [5, 5.41) is 11.8. The lowest BCUT2D eigenvalue weighted by Gasteiger charge is -2.23. The highest BCUT2D eigenvalue weighted by Gasteiger charge is 2.11. The second-order valence-electron chi connectivity index (χ2n) is 6.36. The van der Waals surface area contributed by atoms with Gasteiger partial charge in [-0.15, -0.1) is 5.10 Å². The van der Waals surface area contributed by atoms with E-state index in [4.69, 9.17) is 0 Å². The number of nitrogens with zero attached hydrogens (tertiary/aromatic N) is 4. The number of nitrogens with one attached hydrogen (secondary N) is 1. The van der Waals surface area contributed by atoms with E-state index in [1.165, 1.54) is 0 Å². The molecule has 1 aromatic heterocycles. The molecule has 20 heavy (non-hydrogen) atoms. The smallest absolute Gasteiger partial charge is 0.0965 e. The SMILES string of the molecule is CSCC(C)N(C)CCn1cc(CNC(C)(C)C)nn1. The summed E-state index contributed by atoms with van der Waals surface area (Å²) in [4.78, 5) is 2.37. The van der Waals surface area contributed by atoms with Crippen molar-refractivity contribution in [3.05, 3.63) is 11.9 Å². The predicted octanol–water partition coefficient (Wildman–Crippen LogP) is 1.85. The Kier molecular flexibility index (Phi) is 6.99. The molecular formula is C14H29N5S. The van der Waals surface area contributed by atoms with Crippen LogP contribution < -0.4 is 5.32 Å². The summed E-state index contributed by atoms with van der Waals surface area (Å²) in [6.07, 6.45) is 4.18. The highest BCUT2D eigenvalue weighted by atomic mass is 32.2. The van der Waals surface area contributed by atoms with E-state index in [-0.39, 0.29) is 5.54 Å². The molecule has 1 unspecified atom stereocenters. The van der Waals surface area contributed by atoms with Crippen LogP contribution in [0.5, 0.6) is 0 Å². The summed E-state index contributed by atoms with van der Waals surface area (Å²) < 4.78 is 1.93. The molecule has 1 rings (SSSR count). The lowest BCUT2D eigenvalue weighted by Crippen LogP contribution is -2.35. The summed E-state index contributed by atoms with van der Waals surface area (Å²) in [7, 11) is 2.17. The average molecular weight is 299 g/mol. The number of aromatic nitrogens is 3. The number of hydrogen-bond acceptors (Lipinski definition) is 5. The van der Waals surface area contributed by atoms with Gasteiger partial charge in [0.25, 0.3) is 0 Å². The first-order valence-electron chi connectivity index (χ1n) is 7.15. The van der Waals surface area contributed by atoms with Crippen LogP contribution in [0, 0.1) is 0 Å². The minimum absolute atomic E-state index is 0.108. The van der Waals surface area contributed by atoms with E-state index in [1.807, 2.05) is 22.6 Å². The molecule has 0 radical (unpaired) electrons. The lowest BCUT2D eigenvalue weighted by molar-refractivity contribution is 0.261. The molecule has 0 bridgehead atoms. The van der Waals surface area contributed by atoms with Crippen molar-refractivity contribution in [1.29, 1.82) is 0 Å². The van der Waals surface area contributed by atoms with Gasteiger partial charge in [0.05, 0.1) is 12.2 Å². The molecule has 1 atom stereocenters. The first kappa shape index (κ1) is 17.5. The van der Waals surface area contributed by atoms with E-state index >= 15 is 0 Å². The molecule has 0 aliphatic carbocycles. The summed E-state index contributed by atoms with van der Waals surface area (Å²) in [6.45, 7) is 11.4. The molecule has 0 amide bonds. The Hall–Kier alpha value is -0.590. The van der Waals surface area contributed by atoms with E-state index in [2.05, 4.69) is 61.5 Å². The third-order valence-corrected chi connectivity index (χ3v) is 4.04. The zero-order valence-corrected chi connectivity index (χ0v) is 14.5. The Bertz CT molecular complexity index is 385. The molecule has 0 spiro atoms. The van der Waals surface area contributed by atoms with Gasteiger partial charge >= 0.3 is 0 Å². The average Bonchev–Trinajstić information content (AvgIpc) is 2.81. The molecule has 6 heteroatoms. The zero-order valence-electron chi connectivity index (χ0n) is 13.7. The molecule has 0 aromatic carbocycles. The molecule has 0 saturated heterocycles. The highest BCUT2D eigenvalue weighted by molar-refractivity contribution is 7.98. The molecule has 5 nitrogen and oxygen atoms in total. The maximum Gasteiger partial charge on any atom is 0.0965 e. The van der Waals surface area contributed by atoms with Gasteiger partial charge in [-0.2, -0.15) is 11.8 Å². The van der Waals surface area contributed by atoms with Gasteiger partial charge in [0.2, 0.25) is 0 Å². The minimum atomic E-state index is 0.108. The van der Waals surface area contributed by atoms with Crippen molar-refractivity contribution in [2.45, 2.75) is 52.4 Å². The van der Waals surface area contributed by atoms with Crippen molar-refractivity contribution in [1.82, 2.24) is 25.2 Å². The van der Waals surface area contributed by atoms with Crippen molar-refractivity contribution in [3.8, 4) is 0 Å². The topological polar surface area (TPSA) is 46.0 Å². The van der Waals surface area contributed by atoms with Gasteiger partial charge in [-0.25, -0.2) is 0 Å². The molecule has 1 heterocycles. The lowest BCUT2D eigenvalue weighted by atomic mass is 10.1. The molecule has 0 saturated carbocycles. The maximum atomic E-state index is 4.21. The Morgan fingerprint density at radius 2 is 2.15 bits per heavy atom. The molecule has 0 aliphatic rings. The van der Waals surface area contributed by atoms with Crippen molar-refractivity contribution < 1.29 is 0 Å². The fraction of sp³-hybridized carbons (Fsp3) is 0.857. The van der Waals surface area contributed by atoms with Gasteiger partial charge in [-0.3, -0.25) is 4.68 Å². The first-order chi connectivity index (χ1) is 9.31. The van der Waals surface area contributed by atoms with Gasteiger partial charge < -0.3 is 10.2 Å². The van der Waals surface area contributed by atoms with Crippen LogP contribution in [0.25, 0.3) is 0 Å². The van der Waals surface area contributed by atoms with Crippen LogP contribution in [0.3, 0.4) is 0 Å². The van der Waals surface area contributed by atoms with E-state index in [1.54, 1.807) is 0 Å². The van der Waals surface area contributed by atoms with Crippen molar-refractivity contribution in [3.63, 3.8) is 0 Å². The molecule has 1 aromatic rings. The van der Waals surface area contributed by atoms with Crippen LogP contribution in [0.2, 0.25) is 0 Å². The summed E-state index contributed by atoms with van der Waals surface area (Å²) in [5.41, 5.74) is 1.11. The summed E-state index contributed by atoms with van der Waals surface area (Å²) in [5.74, 6) is 1.16. The minimum Gasteiger partial charge on any atom is -0.306 e. The van der Waals surface area contributed by atoms with Crippen LogP contribution >= 0.6 is 11.8 Å². The second-order valence-corrected chi connectivity index (χ2v) is 7.27. The van der Waals surface area contributed by atoms with Crippen molar-refractivity contribution in [2.24, 2.45) is 0 Å². The van der Waals surface area contributed by atoms with Crippen LogP contribution in [0.4, 0.5) is 0 Å². The zero-order chi connectivity index (χ0) is 15.2. The molecule has 1 N–H and O–H groups in total. The Morgan fingerprint density at radius 3 is 2.75 bits per heavy atom. The molecule has 0 fully saturated rings. The Morgan fingerprint density at radius 1 is 1.45 bits per heavy atom. The van der Waals surface area contributed by atoms with Crippen molar-refractivity contribution >= 4 is 11.8 Å². The van der Waals surface area contributed by atoms with Gasteiger partial charge in [-0.05, 0) is 41.0 Å². The van der Waals surface area contributed by atoms with Gasteiger partial charge in [0, 0.05) is 36.6 Å². The quantitative estimate of drug-likeness (QED) is 0.794. The van der Waals surface area contributed by atoms with Crippen LogP contribution in [0.1, 0.15) is 33.4 Å². The van der Waals surface area contributed by atoms with Gasteiger partial charge in [0.1, 0.15) is 0 Å². The summed E-state index contributed by atoms with van der Waals surface area (Å²) in [6, 6.07) is 0.593. The van der Waals surface area contributed by atoms with Crippen LogP contribution in [0.15, 0.2) is 6.20 Å². The van der Waals surface area contributed by atoms with Gasteiger partial charge in [-0.1, -0.05) is 5.21 Å². The van der Waals surface area contributed by atoms with Crippen molar-refractivity contribution in [2.75, 3.05) is 25.6 Å². The number of thioether (sulfide) groups is 1.